The van der Waals surface area contributed by atoms with Crippen molar-refractivity contribution in [3.05, 3.63) is 11.7 Å². The molecule has 3 heterocycles. The van der Waals surface area contributed by atoms with Crippen LogP contribution in [0.2, 0.25) is 0 Å². The van der Waals surface area contributed by atoms with Crippen LogP contribution in [0.1, 0.15) is 56.0 Å². The van der Waals surface area contributed by atoms with Crippen molar-refractivity contribution in [2.75, 3.05) is 12.3 Å². The second-order valence-corrected chi connectivity index (χ2v) is 6.49. The fourth-order valence-electron chi connectivity index (χ4n) is 2.61. The third-order valence-corrected chi connectivity index (χ3v) is 5.12. The Balaban J connectivity index is 1.78. The summed E-state index contributed by atoms with van der Waals surface area (Å²) in [5.41, 5.74) is -0.104. The number of piperidine rings is 1. The second-order valence-electron chi connectivity index (χ2n) is 5.18. The Hall–Kier alpha value is -0.550. The van der Waals surface area contributed by atoms with Crippen LogP contribution in [0, 0.1) is 0 Å². The molecule has 0 radical (unpaired) electrons. The number of hydrogen-bond donors (Lipinski definition) is 1. The summed E-state index contributed by atoms with van der Waals surface area (Å²) >= 11 is 1.95. The van der Waals surface area contributed by atoms with Crippen LogP contribution in [0.3, 0.4) is 0 Å². The van der Waals surface area contributed by atoms with Crippen LogP contribution in [0.15, 0.2) is 4.52 Å². The highest BCUT2D eigenvalue weighted by Gasteiger charge is 2.35. The summed E-state index contributed by atoms with van der Waals surface area (Å²) < 4.78 is 5.48. The van der Waals surface area contributed by atoms with Gasteiger partial charge in [0.25, 0.3) is 0 Å². The Morgan fingerprint density at radius 3 is 3.06 bits per heavy atom. The van der Waals surface area contributed by atoms with Crippen LogP contribution < -0.4 is 5.32 Å². The van der Waals surface area contributed by atoms with Gasteiger partial charge in [-0.05, 0) is 51.3 Å². The van der Waals surface area contributed by atoms with E-state index in [0.717, 1.165) is 24.7 Å². The molecule has 2 saturated heterocycles. The minimum Gasteiger partial charge on any atom is -0.337 e. The molecule has 2 aliphatic heterocycles. The van der Waals surface area contributed by atoms with E-state index in [0.29, 0.717) is 5.25 Å². The summed E-state index contributed by atoms with van der Waals surface area (Å²) in [6.45, 7) is 3.22. The van der Waals surface area contributed by atoms with Crippen LogP contribution >= 0.6 is 11.8 Å². The first-order valence-corrected chi connectivity index (χ1v) is 7.53. The Morgan fingerprint density at radius 1 is 1.41 bits per heavy atom. The molecule has 3 rings (SSSR count). The fraction of sp³-hybridized carbons (Fsp3) is 0.833. The van der Waals surface area contributed by atoms with Crippen molar-refractivity contribution in [2.45, 2.75) is 49.8 Å². The molecule has 0 aliphatic carbocycles. The van der Waals surface area contributed by atoms with E-state index >= 15 is 0 Å². The monoisotopic (exact) mass is 253 g/mol. The number of hydrogen-bond acceptors (Lipinski definition) is 5. The third-order valence-electron chi connectivity index (χ3n) is 3.75. The normalized spacial score (nSPS) is 34.1. The molecule has 2 fully saturated rings. The first-order valence-electron chi connectivity index (χ1n) is 6.49. The van der Waals surface area contributed by atoms with Crippen molar-refractivity contribution in [1.82, 2.24) is 15.5 Å². The van der Waals surface area contributed by atoms with Gasteiger partial charge in [0, 0.05) is 0 Å². The van der Waals surface area contributed by atoms with E-state index in [4.69, 9.17) is 4.52 Å². The molecular weight excluding hydrogens is 234 g/mol. The highest BCUT2D eigenvalue weighted by atomic mass is 32.2. The highest BCUT2D eigenvalue weighted by molar-refractivity contribution is 7.99. The number of nitrogens with one attached hydrogen (secondary N) is 1. The van der Waals surface area contributed by atoms with Gasteiger partial charge in [0.2, 0.25) is 5.89 Å². The molecule has 0 saturated carbocycles. The number of aromatic nitrogens is 2. The van der Waals surface area contributed by atoms with Crippen molar-refractivity contribution in [3.8, 4) is 0 Å². The molecule has 2 atom stereocenters. The minimum absolute atomic E-state index is 0.104. The van der Waals surface area contributed by atoms with Crippen LogP contribution in [-0.4, -0.2) is 22.4 Å². The molecule has 1 aromatic heterocycles. The number of thioether (sulfide) groups is 1. The third kappa shape index (κ3) is 2.22. The Morgan fingerprint density at radius 2 is 2.35 bits per heavy atom. The molecule has 2 unspecified atom stereocenters. The number of nitrogens with zero attached hydrogens (tertiary/aromatic N) is 2. The second kappa shape index (κ2) is 4.61. The fourth-order valence-corrected chi connectivity index (χ4v) is 3.81. The van der Waals surface area contributed by atoms with Crippen molar-refractivity contribution < 1.29 is 4.52 Å². The van der Waals surface area contributed by atoms with Gasteiger partial charge in [-0.2, -0.15) is 16.7 Å². The van der Waals surface area contributed by atoms with Crippen LogP contribution in [0.4, 0.5) is 0 Å². The zero-order valence-electron chi connectivity index (χ0n) is 10.2. The maximum atomic E-state index is 5.48. The van der Waals surface area contributed by atoms with Gasteiger partial charge in [-0.1, -0.05) is 5.16 Å². The van der Waals surface area contributed by atoms with Crippen molar-refractivity contribution >= 4 is 11.8 Å². The van der Waals surface area contributed by atoms with Crippen molar-refractivity contribution in [1.29, 1.82) is 0 Å². The van der Waals surface area contributed by atoms with E-state index in [-0.39, 0.29) is 5.54 Å². The molecule has 0 bridgehead atoms. The average molecular weight is 253 g/mol. The van der Waals surface area contributed by atoms with Gasteiger partial charge in [0.1, 0.15) is 0 Å². The maximum Gasteiger partial charge on any atom is 0.246 e. The van der Waals surface area contributed by atoms with Gasteiger partial charge in [-0.25, -0.2) is 0 Å². The summed E-state index contributed by atoms with van der Waals surface area (Å²) in [4.78, 5) is 4.63. The largest absolute Gasteiger partial charge is 0.337 e. The van der Waals surface area contributed by atoms with E-state index < -0.39 is 0 Å². The Bertz CT molecular complexity index is 381. The molecular formula is C12H19N3OS. The van der Waals surface area contributed by atoms with Crippen LogP contribution in [0.25, 0.3) is 0 Å². The van der Waals surface area contributed by atoms with Gasteiger partial charge < -0.3 is 9.84 Å². The predicted octanol–water partition coefficient (Wildman–Crippen LogP) is 2.63. The van der Waals surface area contributed by atoms with Crippen LogP contribution in [-0.2, 0) is 5.54 Å². The van der Waals surface area contributed by atoms with Gasteiger partial charge in [0.05, 0.1) is 10.8 Å². The Labute approximate surface area is 106 Å². The van der Waals surface area contributed by atoms with Gasteiger partial charge in [-0.3, -0.25) is 0 Å². The molecule has 1 aromatic rings. The standard InChI is InChI=1S/C12H19N3OS/c1-12(6-2-3-7-13-12)11-14-10(15-16-11)9-5-4-8-17-9/h9,13H,2-8H2,1H3. The molecule has 17 heavy (non-hydrogen) atoms. The van der Waals surface area contributed by atoms with E-state index in [1.54, 1.807) is 0 Å². The lowest BCUT2D eigenvalue weighted by Gasteiger charge is -2.31. The smallest absolute Gasteiger partial charge is 0.246 e. The molecule has 2 aliphatic rings. The summed E-state index contributed by atoms with van der Waals surface area (Å²) in [6.07, 6.45) is 6.03. The molecule has 4 nitrogen and oxygen atoms in total. The van der Waals surface area contributed by atoms with E-state index in [1.807, 2.05) is 11.8 Å². The van der Waals surface area contributed by atoms with Crippen molar-refractivity contribution in [2.24, 2.45) is 0 Å². The zero-order chi connectivity index (χ0) is 11.7. The van der Waals surface area contributed by atoms with Crippen molar-refractivity contribution in [3.63, 3.8) is 0 Å². The molecule has 94 valence electrons. The summed E-state index contributed by atoms with van der Waals surface area (Å²) in [5, 5.41) is 8.14. The Kier molecular flexibility index (Phi) is 3.13. The lowest BCUT2D eigenvalue weighted by Crippen LogP contribution is -2.43. The van der Waals surface area contributed by atoms with Gasteiger partial charge in [-0.15, -0.1) is 0 Å². The van der Waals surface area contributed by atoms with Gasteiger partial charge in [0.15, 0.2) is 5.82 Å². The quantitative estimate of drug-likeness (QED) is 0.878. The highest BCUT2D eigenvalue weighted by Crippen LogP contribution is 2.39. The summed E-state index contributed by atoms with van der Waals surface area (Å²) in [7, 11) is 0. The zero-order valence-corrected chi connectivity index (χ0v) is 11.1. The molecule has 0 spiro atoms. The maximum absolute atomic E-state index is 5.48. The van der Waals surface area contributed by atoms with Crippen LogP contribution in [0.5, 0.6) is 0 Å². The van der Waals surface area contributed by atoms with Gasteiger partial charge >= 0.3 is 0 Å². The van der Waals surface area contributed by atoms with E-state index in [9.17, 15) is 0 Å². The number of rotatable bonds is 2. The molecule has 1 N–H and O–H groups in total. The summed E-state index contributed by atoms with van der Waals surface area (Å²) in [6, 6.07) is 0. The lowest BCUT2D eigenvalue weighted by atomic mass is 9.91. The predicted molar refractivity (Wildman–Crippen MR) is 67.9 cm³/mol. The molecule has 5 heteroatoms. The lowest BCUT2D eigenvalue weighted by molar-refractivity contribution is 0.206. The first-order chi connectivity index (χ1) is 8.28. The first kappa shape index (κ1) is 11.5. The van der Waals surface area contributed by atoms with E-state index in [2.05, 4.69) is 22.4 Å². The molecule has 0 aromatic carbocycles. The molecule has 0 amide bonds. The summed E-state index contributed by atoms with van der Waals surface area (Å²) in [5.74, 6) is 2.90. The topological polar surface area (TPSA) is 51.0 Å². The average Bonchev–Trinajstić information content (AvgIpc) is 3.01. The van der Waals surface area contributed by atoms with E-state index in [1.165, 1.54) is 31.4 Å². The minimum atomic E-state index is -0.104. The SMILES string of the molecule is CC1(c2nc(C3CCCS3)no2)CCCCN1.